The van der Waals surface area contributed by atoms with Gasteiger partial charge < -0.3 is 13.6 Å². The second kappa shape index (κ2) is 6.18. The molecule has 0 N–H and O–H groups in total. The quantitative estimate of drug-likeness (QED) is 0.398. The largest absolute Gasteiger partial charge is 0.544 e. The summed E-state index contributed by atoms with van der Waals surface area (Å²) >= 11 is 0. The molecular weight excluding hydrogens is 272 g/mol. The van der Waals surface area contributed by atoms with Gasteiger partial charge in [-0.15, -0.1) is 0 Å². The summed E-state index contributed by atoms with van der Waals surface area (Å²) in [6, 6.07) is 0. The van der Waals surface area contributed by atoms with Crippen LogP contribution in [0.5, 0.6) is 0 Å². The highest BCUT2D eigenvalue weighted by molar-refractivity contribution is 6.74. The first-order chi connectivity index (χ1) is 8.28. The van der Waals surface area contributed by atoms with Crippen molar-refractivity contribution in [3.8, 4) is 0 Å². The third-order valence-electron chi connectivity index (χ3n) is 3.08. The molecule has 3 nitrogen and oxygen atoms in total. The van der Waals surface area contributed by atoms with Crippen molar-refractivity contribution in [3.05, 3.63) is 24.4 Å². The Bertz CT molecular complexity index is 347. The van der Waals surface area contributed by atoms with E-state index in [1.807, 2.05) is 0 Å². The fourth-order valence-corrected chi connectivity index (χ4v) is 2.84. The maximum atomic E-state index is 6.07. The highest BCUT2D eigenvalue weighted by atomic mass is 28.4. The monoisotopic (exact) mass is 302 g/mol. The second-order valence-electron chi connectivity index (χ2n) is 7.21. The molecule has 0 unspecified atom stereocenters. The van der Waals surface area contributed by atoms with Crippen molar-refractivity contribution in [2.75, 3.05) is 7.11 Å². The lowest BCUT2D eigenvalue weighted by Gasteiger charge is -2.36. The summed E-state index contributed by atoms with van der Waals surface area (Å²) < 4.78 is 17.1. The highest BCUT2D eigenvalue weighted by Crippen LogP contribution is 2.37. The van der Waals surface area contributed by atoms with Crippen molar-refractivity contribution in [2.45, 2.75) is 58.5 Å². The molecule has 0 radical (unpaired) electrons. The molecule has 0 amide bonds. The molecule has 0 aliphatic rings. The molecule has 0 aromatic rings. The van der Waals surface area contributed by atoms with Gasteiger partial charge in [0, 0.05) is 0 Å². The van der Waals surface area contributed by atoms with Gasteiger partial charge in [0.15, 0.2) is 0 Å². The van der Waals surface area contributed by atoms with Crippen LogP contribution in [-0.2, 0) is 13.6 Å². The molecule has 0 aliphatic heterocycles. The molecule has 0 saturated carbocycles. The summed E-state index contributed by atoms with van der Waals surface area (Å²) in [6.07, 6.45) is 1.75. The van der Waals surface area contributed by atoms with Gasteiger partial charge in [-0.2, -0.15) is 0 Å². The molecule has 19 heavy (non-hydrogen) atoms. The molecule has 5 heteroatoms. The number of methoxy groups -OCH3 is 1. The molecule has 112 valence electrons. The maximum Gasteiger partial charge on any atom is 0.268 e. The van der Waals surface area contributed by atoms with E-state index < -0.39 is 16.6 Å². The summed E-state index contributed by atoms with van der Waals surface area (Å²) in [5, 5.41) is 0.149. The summed E-state index contributed by atoms with van der Waals surface area (Å²) in [6.45, 7) is 21.3. The topological polar surface area (TPSA) is 27.7 Å². The van der Waals surface area contributed by atoms with Crippen molar-refractivity contribution in [3.63, 3.8) is 0 Å². The summed E-state index contributed by atoms with van der Waals surface area (Å²) in [7, 11) is -1.93. The minimum absolute atomic E-state index is 0.149. The first-order valence-electron chi connectivity index (χ1n) is 6.61. The first-order valence-corrected chi connectivity index (χ1v) is 12.9. The Kier molecular flexibility index (Phi) is 5.95. The Labute approximate surface area is 120 Å². The van der Waals surface area contributed by atoms with Crippen LogP contribution in [0.2, 0.25) is 37.8 Å². The van der Waals surface area contributed by atoms with E-state index in [0.717, 1.165) is 0 Å². The number of hydrogen-bond acceptors (Lipinski definition) is 3. The van der Waals surface area contributed by atoms with Crippen LogP contribution in [0, 0.1) is 0 Å². The van der Waals surface area contributed by atoms with E-state index in [1.54, 1.807) is 13.2 Å². The number of allylic oxidation sites excluding steroid dienone is 1. The predicted octanol–water partition coefficient (Wildman–Crippen LogP) is 4.86. The van der Waals surface area contributed by atoms with Gasteiger partial charge in [-0.25, -0.2) is 0 Å². The van der Waals surface area contributed by atoms with Gasteiger partial charge in [0.05, 0.1) is 13.2 Å². The fraction of sp³-hybridized carbons (Fsp3) is 0.714. The molecular formula is C14H30O3Si2. The molecule has 0 bridgehead atoms. The van der Waals surface area contributed by atoms with Crippen LogP contribution in [0.15, 0.2) is 24.4 Å². The van der Waals surface area contributed by atoms with Crippen molar-refractivity contribution < 1.29 is 13.6 Å². The predicted molar refractivity (Wildman–Crippen MR) is 86.9 cm³/mol. The average Bonchev–Trinajstić information content (AvgIpc) is 2.11. The van der Waals surface area contributed by atoms with Gasteiger partial charge >= 0.3 is 0 Å². The van der Waals surface area contributed by atoms with E-state index in [4.69, 9.17) is 13.6 Å². The minimum Gasteiger partial charge on any atom is -0.544 e. The summed E-state index contributed by atoms with van der Waals surface area (Å²) in [4.78, 5) is 0. The van der Waals surface area contributed by atoms with Crippen molar-refractivity contribution in [2.24, 2.45) is 0 Å². The second-order valence-corrected chi connectivity index (χ2v) is 16.4. The Morgan fingerprint density at radius 2 is 1.47 bits per heavy atom. The van der Waals surface area contributed by atoms with E-state index in [2.05, 4.69) is 60.1 Å². The first kappa shape index (κ1) is 18.3. The van der Waals surface area contributed by atoms with Gasteiger partial charge in [0.1, 0.15) is 5.76 Å². The van der Waals surface area contributed by atoms with E-state index >= 15 is 0 Å². The van der Waals surface area contributed by atoms with Crippen LogP contribution >= 0.6 is 0 Å². The van der Waals surface area contributed by atoms with Crippen LogP contribution in [0.25, 0.3) is 0 Å². The molecule has 0 fully saturated rings. The smallest absolute Gasteiger partial charge is 0.268 e. The van der Waals surface area contributed by atoms with Crippen LogP contribution in [0.3, 0.4) is 0 Å². The van der Waals surface area contributed by atoms with E-state index in [1.165, 1.54) is 0 Å². The molecule has 0 atom stereocenters. The van der Waals surface area contributed by atoms with Gasteiger partial charge in [0.2, 0.25) is 16.6 Å². The minimum atomic E-state index is -1.85. The summed E-state index contributed by atoms with van der Waals surface area (Å²) in [5.41, 5.74) is 0. The molecule has 0 spiro atoms. The Balaban J connectivity index is 4.85. The number of hydrogen-bond donors (Lipinski definition) is 0. The van der Waals surface area contributed by atoms with E-state index in [0.29, 0.717) is 11.7 Å². The third-order valence-corrected chi connectivity index (χ3v) is 8.28. The molecule has 0 heterocycles. The highest BCUT2D eigenvalue weighted by Gasteiger charge is 2.39. The molecule has 0 saturated heterocycles. The zero-order valence-corrected chi connectivity index (χ0v) is 16.0. The molecule has 0 aromatic carbocycles. The fourth-order valence-electron chi connectivity index (χ4n) is 1.07. The normalized spacial score (nSPS) is 14.1. The lowest BCUT2D eigenvalue weighted by atomic mass is 10.2. The Morgan fingerprint density at radius 3 is 1.79 bits per heavy atom. The van der Waals surface area contributed by atoms with Crippen molar-refractivity contribution >= 4 is 16.6 Å². The molecule has 0 aliphatic carbocycles. The van der Waals surface area contributed by atoms with Gasteiger partial charge in [-0.05, 0) is 37.8 Å². The van der Waals surface area contributed by atoms with Crippen molar-refractivity contribution in [1.82, 2.24) is 0 Å². The summed E-state index contributed by atoms with van der Waals surface area (Å²) in [5.74, 6) is 1.10. The van der Waals surface area contributed by atoms with Gasteiger partial charge in [-0.3, -0.25) is 0 Å². The molecule has 0 aromatic heterocycles. The van der Waals surface area contributed by atoms with E-state index in [-0.39, 0.29) is 5.04 Å². The van der Waals surface area contributed by atoms with Crippen LogP contribution in [0.1, 0.15) is 20.8 Å². The average molecular weight is 303 g/mol. The van der Waals surface area contributed by atoms with Gasteiger partial charge in [0.25, 0.3) is 5.95 Å². The zero-order valence-electron chi connectivity index (χ0n) is 14.0. The molecule has 0 rings (SSSR count). The zero-order chi connectivity index (χ0) is 15.5. The van der Waals surface area contributed by atoms with Crippen LogP contribution < -0.4 is 0 Å². The SMILES string of the molecule is C=C(/C=C(/OC)O[Si](C)(C)C)O[Si](C)(C)C(C)(C)C. The maximum absolute atomic E-state index is 6.07. The standard InChI is InChI=1S/C14H30O3Si2/c1-12(16-19(9,10)14(2,3)4)11-13(15-5)17-18(6,7)8/h11H,1H2,2-10H3/b13-11-. The lowest BCUT2D eigenvalue weighted by Crippen LogP contribution is -2.40. The number of rotatable bonds is 6. The lowest BCUT2D eigenvalue weighted by molar-refractivity contribution is 0.145. The van der Waals surface area contributed by atoms with Crippen LogP contribution in [0.4, 0.5) is 0 Å². The Morgan fingerprint density at radius 1 is 1.00 bits per heavy atom. The Hall–Kier alpha value is -0.686. The third kappa shape index (κ3) is 6.87. The van der Waals surface area contributed by atoms with Crippen LogP contribution in [-0.4, -0.2) is 23.7 Å². The van der Waals surface area contributed by atoms with Gasteiger partial charge in [-0.1, -0.05) is 27.4 Å². The number of ether oxygens (including phenoxy) is 1. The van der Waals surface area contributed by atoms with E-state index in [9.17, 15) is 0 Å². The van der Waals surface area contributed by atoms with Crippen molar-refractivity contribution in [1.29, 1.82) is 0 Å².